The maximum Gasteiger partial charge on any atom is 0.119 e. The number of nitrogens with one attached hydrogen (secondary N) is 1. The van der Waals surface area contributed by atoms with Gasteiger partial charge in [-0.15, -0.1) is 0 Å². The second-order valence-corrected chi connectivity index (χ2v) is 4.45. The zero-order chi connectivity index (χ0) is 11.4. The molecule has 2 N–H and O–H groups in total. The molecule has 0 aromatic heterocycles. The Hall–Kier alpha value is -1.06. The van der Waals surface area contributed by atoms with Crippen LogP contribution in [-0.2, 0) is 0 Å². The van der Waals surface area contributed by atoms with E-state index in [2.05, 4.69) is 5.32 Å². The lowest BCUT2D eigenvalue weighted by molar-refractivity contribution is 0.182. The van der Waals surface area contributed by atoms with Crippen molar-refractivity contribution in [3.63, 3.8) is 0 Å². The van der Waals surface area contributed by atoms with Crippen LogP contribution in [-0.4, -0.2) is 30.4 Å². The van der Waals surface area contributed by atoms with E-state index < -0.39 is 0 Å². The smallest absolute Gasteiger partial charge is 0.119 e. The van der Waals surface area contributed by atoms with Gasteiger partial charge in [-0.25, -0.2) is 0 Å². The fourth-order valence-electron chi connectivity index (χ4n) is 1.64. The van der Waals surface area contributed by atoms with Crippen molar-refractivity contribution in [3.05, 3.63) is 29.8 Å². The maximum atomic E-state index is 9.19. The Morgan fingerprint density at radius 3 is 2.94 bits per heavy atom. The van der Waals surface area contributed by atoms with Crippen LogP contribution in [0, 0.1) is 6.92 Å². The number of aliphatic hydroxyl groups is 1. The van der Waals surface area contributed by atoms with E-state index in [1.165, 1.54) is 18.4 Å². The molecule has 1 saturated carbocycles. The van der Waals surface area contributed by atoms with E-state index in [0.717, 1.165) is 5.75 Å². The summed E-state index contributed by atoms with van der Waals surface area (Å²) in [6, 6.07) is 8.61. The van der Waals surface area contributed by atoms with Crippen molar-refractivity contribution in [2.45, 2.75) is 31.8 Å². The molecule has 16 heavy (non-hydrogen) atoms. The predicted molar refractivity (Wildman–Crippen MR) is 63.7 cm³/mol. The third kappa shape index (κ3) is 3.51. The molecule has 0 bridgehead atoms. The van der Waals surface area contributed by atoms with Gasteiger partial charge in [0, 0.05) is 6.04 Å². The number of rotatable bonds is 6. The van der Waals surface area contributed by atoms with Crippen molar-refractivity contribution in [2.24, 2.45) is 0 Å². The van der Waals surface area contributed by atoms with E-state index in [0.29, 0.717) is 12.6 Å². The number of benzene rings is 1. The molecule has 1 aliphatic rings. The number of hydrogen-bond donors (Lipinski definition) is 2. The molecule has 1 aromatic carbocycles. The number of aryl methyl sites for hydroxylation is 1. The lowest BCUT2D eigenvalue weighted by atomic mass is 10.2. The Balaban J connectivity index is 1.80. The summed E-state index contributed by atoms with van der Waals surface area (Å²) < 4.78 is 5.65. The lowest BCUT2D eigenvalue weighted by Gasteiger charge is -2.16. The van der Waals surface area contributed by atoms with Crippen molar-refractivity contribution >= 4 is 0 Å². The highest BCUT2D eigenvalue weighted by Crippen LogP contribution is 2.19. The van der Waals surface area contributed by atoms with Gasteiger partial charge in [0.2, 0.25) is 0 Å². The second kappa shape index (κ2) is 5.32. The number of ether oxygens (including phenoxy) is 1. The number of aliphatic hydroxyl groups excluding tert-OH is 1. The van der Waals surface area contributed by atoms with Gasteiger partial charge >= 0.3 is 0 Å². The van der Waals surface area contributed by atoms with Crippen molar-refractivity contribution in [3.8, 4) is 5.75 Å². The molecule has 88 valence electrons. The normalized spacial score (nSPS) is 17.1. The fourth-order valence-corrected chi connectivity index (χ4v) is 1.64. The molecular weight excluding hydrogens is 202 g/mol. The first kappa shape index (κ1) is 11.4. The summed E-state index contributed by atoms with van der Waals surface area (Å²) in [6.07, 6.45) is 2.45. The highest BCUT2D eigenvalue weighted by Gasteiger charge is 2.24. The quantitative estimate of drug-likeness (QED) is 0.764. The molecule has 1 aromatic rings. The average molecular weight is 221 g/mol. The van der Waals surface area contributed by atoms with Crippen LogP contribution < -0.4 is 10.1 Å². The summed E-state index contributed by atoms with van der Waals surface area (Å²) in [5, 5.41) is 12.5. The molecule has 0 saturated heterocycles. The van der Waals surface area contributed by atoms with Crippen LogP contribution in [0.15, 0.2) is 24.3 Å². The van der Waals surface area contributed by atoms with Crippen molar-refractivity contribution in [1.29, 1.82) is 0 Å². The standard InChI is InChI=1S/C13H19NO2/c1-10-3-2-4-13(7-10)16-9-12(8-15)14-11-5-6-11/h2-4,7,11-12,14-15H,5-6,8-9H2,1H3. The summed E-state index contributed by atoms with van der Waals surface area (Å²) in [4.78, 5) is 0. The molecule has 0 spiro atoms. The van der Waals surface area contributed by atoms with E-state index in [1.807, 2.05) is 31.2 Å². The van der Waals surface area contributed by atoms with Crippen LogP contribution in [0.3, 0.4) is 0 Å². The van der Waals surface area contributed by atoms with Crippen molar-refractivity contribution in [1.82, 2.24) is 5.32 Å². The van der Waals surface area contributed by atoms with E-state index in [-0.39, 0.29) is 12.6 Å². The molecule has 0 radical (unpaired) electrons. The summed E-state index contributed by atoms with van der Waals surface area (Å²) >= 11 is 0. The van der Waals surface area contributed by atoms with Crippen LogP contribution in [0.1, 0.15) is 18.4 Å². The van der Waals surface area contributed by atoms with Gasteiger partial charge in [-0.05, 0) is 37.5 Å². The first-order valence-electron chi connectivity index (χ1n) is 5.84. The van der Waals surface area contributed by atoms with Crippen molar-refractivity contribution in [2.75, 3.05) is 13.2 Å². The van der Waals surface area contributed by atoms with E-state index in [4.69, 9.17) is 4.74 Å². The summed E-state index contributed by atoms with van der Waals surface area (Å²) in [5.74, 6) is 0.871. The highest BCUT2D eigenvalue weighted by molar-refractivity contribution is 5.27. The minimum absolute atomic E-state index is 0.0491. The zero-order valence-electron chi connectivity index (χ0n) is 9.65. The molecule has 3 nitrogen and oxygen atoms in total. The molecule has 0 heterocycles. The lowest BCUT2D eigenvalue weighted by Crippen LogP contribution is -2.39. The van der Waals surface area contributed by atoms with Gasteiger partial charge in [0.1, 0.15) is 12.4 Å². The first-order valence-corrected chi connectivity index (χ1v) is 5.84. The minimum atomic E-state index is 0.0491. The summed E-state index contributed by atoms with van der Waals surface area (Å²) in [6.45, 7) is 2.69. The largest absolute Gasteiger partial charge is 0.492 e. The Morgan fingerprint density at radius 1 is 1.50 bits per heavy atom. The van der Waals surface area contributed by atoms with Gasteiger partial charge in [-0.3, -0.25) is 0 Å². The van der Waals surface area contributed by atoms with Gasteiger partial charge in [0.05, 0.1) is 12.6 Å². The third-order valence-corrected chi connectivity index (χ3v) is 2.71. The molecule has 3 heteroatoms. The first-order chi connectivity index (χ1) is 7.78. The molecule has 1 atom stereocenters. The molecule has 2 rings (SSSR count). The number of hydrogen-bond acceptors (Lipinski definition) is 3. The summed E-state index contributed by atoms with van der Waals surface area (Å²) in [7, 11) is 0. The van der Waals surface area contributed by atoms with E-state index in [1.54, 1.807) is 0 Å². The zero-order valence-corrected chi connectivity index (χ0v) is 9.65. The maximum absolute atomic E-state index is 9.19. The molecule has 0 amide bonds. The SMILES string of the molecule is Cc1cccc(OCC(CO)NC2CC2)c1. The minimum Gasteiger partial charge on any atom is -0.492 e. The Kier molecular flexibility index (Phi) is 3.80. The average Bonchev–Trinajstić information content (AvgIpc) is 3.08. The van der Waals surface area contributed by atoms with Crippen LogP contribution in [0.5, 0.6) is 5.75 Å². The fraction of sp³-hybridized carbons (Fsp3) is 0.538. The highest BCUT2D eigenvalue weighted by atomic mass is 16.5. The summed E-state index contributed by atoms with van der Waals surface area (Å²) in [5.41, 5.74) is 1.19. The van der Waals surface area contributed by atoms with Gasteiger partial charge in [-0.1, -0.05) is 12.1 Å². The molecule has 0 aliphatic heterocycles. The predicted octanol–water partition coefficient (Wildman–Crippen LogP) is 1.49. The third-order valence-electron chi connectivity index (χ3n) is 2.71. The Morgan fingerprint density at radius 2 is 2.31 bits per heavy atom. The second-order valence-electron chi connectivity index (χ2n) is 4.45. The van der Waals surface area contributed by atoms with Crippen molar-refractivity contribution < 1.29 is 9.84 Å². The molecule has 1 unspecified atom stereocenters. The van der Waals surface area contributed by atoms with Gasteiger partial charge in [0.25, 0.3) is 0 Å². The molecule has 1 fully saturated rings. The van der Waals surface area contributed by atoms with Gasteiger partial charge < -0.3 is 15.2 Å². The Bertz CT molecular complexity index is 336. The van der Waals surface area contributed by atoms with Crippen LogP contribution in [0.4, 0.5) is 0 Å². The van der Waals surface area contributed by atoms with Crippen LogP contribution >= 0.6 is 0 Å². The molecular formula is C13H19NO2. The van der Waals surface area contributed by atoms with Crippen LogP contribution in [0.25, 0.3) is 0 Å². The monoisotopic (exact) mass is 221 g/mol. The molecule has 1 aliphatic carbocycles. The van der Waals surface area contributed by atoms with E-state index >= 15 is 0 Å². The van der Waals surface area contributed by atoms with Crippen LogP contribution in [0.2, 0.25) is 0 Å². The van der Waals surface area contributed by atoms with Gasteiger partial charge in [-0.2, -0.15) is 0 Å². The van der Waals surface area contributed by atoms with E-state index in [9.17, 15) is 5.11 Å². The Labute approximate surface area is 96.4 Å². The topological polar surface area (TPSA) is 41.5 Å². The van der Waals surface area contributed by atoms with Gasteiger partial charge in [0.15, 0.2) is 0 Å².